The molecule has 1 atom stereocenters. The molecule has 0 aliphatic heterocycles. The molecule has 27 heavy (non-hydrogen) atoms. The van der Waals surface area contributed by atoms with Gasteiger partial charge in [0.2, 0.25) is 0 Å². The molecule has 0 radical (unpaired) electrons. The molecule has 0 heterocycles. The molecule has 0 saturated heterocycles. The maximum absolute atomic E-state index is 11.4. The van der Waals surface area contributed by atoms with Gasteiger partial charge < -0.3 is 9.47 Å². The Morgan fingerprint density at radius 2 is 1.00 bits per heavy atom. The molecule has 0 fully saturated rings. The third-order valence-electron chi connectivity index (χ3n) is 5.23. The molecular formula is C24H48O3. The molecule has 162 valence electrons. The molecule has 1 unspecified atom stereocenters. The average molecular weight is 385 g/mol. The van der Waals surface area contributed by atoms with E-state index in [0.29, 0.717) is 13.2 Å². The standard InChI is InChI=1S/C24H48O3/c1-4-6-7-8-9-10-11-12-13-14-15-16-17-18-19-20-21-22-27-23(3)24(25)26-5-2/h23H,4-22H2,1-3H3. The van der Waals surface area contributed by atoms with Crippen LogP contribution in [0.1, 0.15) is 130 Å². The topological polar surface area (TPSA) is 35.5 Å². The second-order valence-corrected chi connectivity index (χ2v) is 7.92. The molecule has 3 heteroatoms. The Bertz CT molecular complexity index is 304. The first-order valence-corrected chi connectivity index (χ1v) is 12.0. The summed E-state index contributed by atoms with van der Waals surface area (Å²) in [5, 5.41) is 0. The van der Waals surface area contributed by atoms with Crippen molar-refractivity contribution in [2.45, 2.75) is 136 Å². The second-order valence-electron chi connectivity index (χ2n) is 7.92. The van der Waals surface area contributed by atoms with Gasteiger partial charge in [-0.3, -0.25) is 0 Å². The quantitative estimate of drug-likeness (QED) is 0.151. The molecule has 0 bridgehead atoms. The van der Waals surface area contributed by atoms with Crippen LogP contribution in [0.15, 0.2) is 0 Å². The van der Waals surface area contributed by atoms with Crippen LogP contribution < -0.4 is 0 Å². The van der Waals surface area contributed by atoms with Gasteiger partial charge in [-0.05, 0) is 20.3 Å². The molecule has 0 aromatic rings. The van der Waals surface area contributed by atoms with E-state index in [1.165, 1.54) is 103 Å². The summed E-state index contributed by atoms with van der Waals surface area (Å²) in [6.07, 6.45) is 22.9. The molecule has 0 spiro atoms. The van der Waals surface area contributed by atoms with Crippen LogP contribution in [0.4, 0.5) is 0 Å². The van der Waals surface area contributed by atoms with Gasteiger partial charge in [0.1, 0.15) is 0 Å². The summed E-state index contributed by atoms with van der Waals surface area (Å²) in [5.74, 6) is -0.246. The third-order valence-corrected chi connectivity index (χ3v) is 5.23. The average Bonchev–Trinajstić information content (AvgIpc) is 2.67. The zero-order chi connectivity index (χ0) is 20.0. The van der Waals surface area contributed by atoms with Crippen molar-refractivity contribution in [3.05, 3.63) is 0 Å². The molecule has 0 aromatic heterocycles. The number of hydrogen-bond acceptors (Lipinski definition) is 3. The third kappa shape index (κ3) is 20.0. The van der Waals surface area contributed by atoms with Crippen LogP contribution in [0, 0.1) is 0 Å². The van der Waals surface area contributed by atoms with Crippen LogP contribution in [0.25, 0.3) is 0 Å². The lowest BCUT2D eigenvalue weighted by Gasteiger charge is -2.11. The molecular weight excluding hydrogens is 336 g/mol. The van der Waals surface area contributed by atoms with Crippen molar-refractivity contribution in [2.24, 2.45) is 0 Å². The predicted octanol–water partition coefficient (Wildman–Crippen LogP) is 7.61. The van der Waals surface area contributed by atoms with E-state index in [4.69, 9.17) is 9.47 Å². The highest BCUT2D eigenvalue weighted by Gasteiger charge is 2.13. The van der Waals surface area contributed by atoms with E-state index in [1.54, 1.807) is 6.92 Å². The van der Waals surface area contributed by atoms with E-state index in [1.807, 2.05) is 6.92 Å². The van der Waals surface area contributed by atoms with Crippen molar-refractivity contribution >= 4 is 5.97 Å². The van der Waals surface area contributed by atoms with Gasteiger partial charge in [0.25, 0.3) is 0 Å². The molecule has 0 aromatic carbocycles. The van der Waals surface area contributed by atoms with E-state index in [-0.39, 0.29) is 5.97 Å². The molecule has 0 amide bonds. The van der Waals surface area contributed by atoms with E-state index >= 15 is 0 Å². The lowest BCUT2D eigenvalue weighted by molar-refractivity contribution is -0.155. The fraction of sp³-hybridized carbons (Fsp3) is 0.958. The second kappa shape index (κ2) is 21.7. The van der Waals surface area contributed by atoms with E-state index < -0.39 is 6.10 Å². The summed E-state index contributed by atoms with van der Waals surface area (Å²) in [6.45, 7) is 6.96. The van der Waals surface area contributed by atoms with Crippen molar-refractivity contribution in [3.8, 4) is 0 Å². The lowest BCUT2D eigenvalue weighted by atomic mass is 10.0. The lowest BCUT2D eigenvalue weighted by Crippen LogP contribution is -2.23. The smallest absolute Gasteiger partial charge is 0.334 e. The van der Waals surface area contributed by atoms with Crippen LogP contribution in [0.2, 0.25) is 0 Å². The monoisotopic (exact) mass is 384 g/mol. The summed E-state index contributed by atoms with van der Waals surface area (Å²) in [4.78, 5) is 11.4. The molecule has 3 nitrogen and oxygen atoms in total. The minimum absolute atomic E-state index is 0.246. The van der Waals surface area contributed by atoms with Crippen molar-refractivity contribution in [1.82, 2.24) is 0 Å². The number of ether oxygens (including phenoxy) is 2. The van der Waals surface area contributed by atoms with Crippen LogP contribution in [0.3, 0.4) is 0 Å². The maximum Gasteiger partial charge on any atom is 0.334 e. The van der Waals surface area contributed by atoms with E-state index in [0.717, 1.165) is 6.42 Å². The number of carbonyl (C=O) groups is 1. The molecule has 0 N–H and O–H groups in total. The minimum atomic E-state index is -0.425. The van der Waals surface area contributed by atoms with E-state index in [2.05, 4.69) is 6.92 Å². The van der Waals surface area contributed by atoms with Gasteiger partial charge >= 0.3 is 5.97 Å². The highest BCUT2D eigenvalue weighted by atomic mass is 16.6. The fourth-order valence-corrected chi connectivity index (χ4v) is 3.41. The van der Waals surface area contributed by atoms with Crippen molar-refractivity contribution in [2.75, 3.05) is 13.2 Å². The Hall–Kier alpha value is -0.570. The van der Waals surface area contributed by atoms with Gasteiger partial charge in [-0.1, -0.05) is 110 Å². The van der Waals surface area contributed by atoms with Gasteiger partial charge in [-0.15, -0.1) is 0 Å². The van der Waals surface area contributed by atoms with Gasteiger partial charge in [-0.25, -0.2) is 4.79 Å². The molecule has 0 aliphatic rings. The number of hydrogen-bond donors (Lipinski definition) is 0. The number of esters is 1. The Kier molecular flexibility index (Phi) is 21.3. The Morgan fingerprint density at radius 1 is 0.630 bits per heavy atom. The van der Waals surface area contributed by atoms with Crippen molar-refractivity contribution < 1.29 is 14.3 Å². The highest BCUT2D eigenvalue weighted by molar-refractivity contribution is 5.74. The van der Waals surface area contributed by atoms with Crippen LogP contribution >= 0.6 is 0 Å². The molecule has 0 aliphatic carbocycles. The van der Waals surface area contributed by atoms with Gasteiger partial charge in [-0.2, -0.15) is 0 Å². The molecule has 0 saturated carbocycles. The summed E-state index contributed by atoms with van der Waals surface area (Å²) in [5.41, 5.74) is 0. The maximum atomic E-state index is 11.4. The first-order chi connectivity index (χ1) is 13.2. The number of rotatable bonds is 21. The van der Waals surface area contributed by atoms with Crippen molar-refractivity contribution in [1.29, 1.82) is 0 Å². The van der Waals surface area contributed by atoms with Gasteiger partial charge in [0.15, 0.2) is 6.10 Å². The zero-order valence-electron chi connectivity index (χ0n) is 18.7. The van der Waals surface area contributed by atoms with Crippen LogP contribution in [0.5, 0.6) is 0 Å². The normalized spacial score (nSPS) is 12.3. The minimum Gasteiger partial charge on any atom is -0.464 e. The van der Waals surface area contributed by atoms with Crippen molar-refractivity contribution in [3.63, 3.8) is 0 Å². The number of carbonyl (C=O) groups excluding carboxylic acids is 1. The number of unbranched alkanes of at least 4 members (excludes halogenated alkanes) is 16. The molecule has 0 rings (SSSR count). The van der Waals surface area contributed by atoms with Gasteiger partial charge in [0, 0.05) is 6.61 Å². The summed E-state index contributed by atoms with van der Waals surface area (Å²) >= 11 is 0. The summed E-state index contributed by atoms with van der Waals surface area (Å²) < 4.78 is 10.4. The van der Waals surface area contributed by atoms with Crippen LogP contribution in [-0.2, 0) is 14.3 Å². The van der Waals surface area contributed by atoms with E-state index in [9.17, 15) is 4.79 Å². The predicted molar refractivity (Wildman–Crippen MR) is 116 cm³/mol. The van der Waals surface area contributed by atoms with Gasteiger partial charge in [0.05, 0.1) is 6.61 Å². The largest absolute Gasteiger partial charge is 0.464 e. The Labute approximate surface area is 170 Å². The Balaban J connectivity index is 3.12. The zero-order valence-corrected chi connectivity index (χ0v) is 18.7. The fourth-order valence-electron chi connectivity index (χ4n) is 3.41. The summed E-state index contributed by atoms with van der Waals surface area (Å²) in [7, 11) is 0. The first-order valence-electron chi connectivity index (χ1n) is 12.0. The Morgan fingerprint density at radius 3 is 1.37 bits per heavy atom. The highest BCUT2D eigenvalue weighted by Crippen LogP contribution is 2.14. The SMILES string of the molecule is CCCCCCCCCCCCCCCCCCCOC(C)C(=O)OCC. The summed E-state index contributed by atoms with van der Waals surface area (Å²) in [6, 6.07) is 0. The van der Waals surface area contributed by atoms with Crippen LogP contribution in [-0.4, -0.2) is 25.3 Å². The first kappa shape index (κ1) is 26.4.